The third kappa shape index (κ3) is 3.45. The first-order valence-electron chi connectivity index (χ1n) is 9.17. The maximum Gasteiger partial charge on any atom is 0.246 e. The molecule has 0 aromatic heterocycles. The van der Waals surface area contributed by atoms with Crippen LogP contribution in [0.2, 0.25) is 5.02 Å². The first kappa shape index (κ1) is 19.7. The van der Waals surface area contributed by atoms with Crippen LogP contribution in [0.1, 0.15) is 5.56 Å². The molecule has 2 aliphatic heterocycles. The van der Waals surface area contributed by atoms with Crippen molar-refractivity contribution in [2.24, 2.45) is 0 Å². The highest BCUT2D eigenvalue weighted by Gasteiger charge is 2.34. The zero-order valence-corrected chi connectivity index (χ0v) is 16.3. The molecule has 1 atom stereocenters. The molecule has 0 unspecified atom stereocenters. The summed E-state index contributed by atoms with van der Waals surface area (Å²) in [5.41, 5.74) is -0.156. The second-order valence-corrected chi connectivity index (χ2v) is 7.50. The quantitative estimate of drug-likeness (QED) is 0.754. The zero-order chi connectivity index (χ0) is 20.7. The summed E-state index contributed by atoms with van der Waals surface area (Å²) in [7, 11) is 0. The molecule has 1 saturated heterocycles. The van der Waals surface area contributed by atoms with Crippen molar-refractivity contribution >= 4 is 17.5 Å². The van der Waals surface area contributed by atoms with Gasteiger partial charge in [-0.25, -0.2) is 8.78 Å². The lowest BCUT2D eigenvalue weighted by Gasteiger charge is -2.39. The van der Waals surface area contributed by atoms with Crippen molar-refractivity contribution in [2.45, 2.75) is 12.6 Å². The summed E-state index contributed by atoms with van der Waals surface area (Å²) in [6, 6.07) is 5.33. The van der Waals surface area contributed by atoms with Gasteiger partial charge >= 0.3 is 0 Å². The van der Waals surface area contributed by atoms with E-state index in [1.165, 1.54) is 30.3 Å². The van der Waals surface area contributed by atoms with Gasteiger partial charge < -0.3 is 14.7 Å². The van der Waals surface area contributed by atoms with Crippen molar-refractivity contribution in [3.63, 3.8) is 0 Å². The molecule has 2 heterocycles. The smallest absolute Gasteiger partial charge is 0.246 e. The number of carbonyl (C=O) groups excluding carboxylic acids is 1. The summed E-state index contributed by atoms with van der Waals surface area (Å²) in [5, 5.41) is 10.1. The minimum atomic E-state index is -0.901. The molecule has 0 radical (unpaired) electrons. The molecule has 29 heavy (non-hydrogen) atoms. The molecule has 0 saturated carbocycles. The third-order valence-corrected chi connectivity index (χ3v) is 5.69. The summed E-state index contributed by atoms with van der Waals surface area (Å²) < 4.78 is 36.0. The minimum Gasteiger partial charge on any atom is -0.507 e. The number of carbonyl (C=O) groups is 1. The first-order chi connectivity index (χ1) is 13.9. The molecule has 8 heteroatoms. The Morgan fingerprint density at radius 1 is 1.31 bits per heavy atom. The Labute approximate surface area is 171 Å². The normalized spacial score (nSPS) is 19.0. The number of phenolic OH excluding ortho intramolecular Hbond substituents is 1. The molecule has 0 spiro atoms. The fraction of sp³-hybridized carbons (Fsp3) is 0.286. The lowest BCUT2D eigenvalue weighted by molar-refractivity contribution is -0.129. The molecule has 2 aromatic carbocycles. The van der Waals surface area contributed by atoms with Crippen LogP contribution in [0, 0.1) is 11.6 Å². The van der Waals surface area contributed by atoms with E-state index in [1.807, 2.05) is 4.90 Å². The Morgan fingerprint density at radius 2 is 2.10 bits per heavy atom. The molecule has 1 amide bonds. The number of fused-ring (bicyclic) bond motifs is 2. The van der Waals surface area contributed by atoms with E-state index in [4.69, 9.17) is 16.3 Å². The average Bonchev–Trinajstić information content (AvgIpc) is 2.88. The predicted octanol–water partition coefficient (Wildman–Crippen LogP) is 3.58. The largest absolute Gasteiger partial charge is 0.507 e. The number of phenols is 1. The molecular formula is C21H19ClF2N2O3. The molecule has 2 aliphatic rings. The van der Waals surface area contributed by atoms with Crippen LogP contribution in [0.25, 0.3) is 11.1 Å². The number of benzene rings is 2. The van der Waals surface area contributed by atoms with Crippen LogP contribution in [0.4, 0.5) is 8.78 Å². The van der Waals surface area contributed by atoms with Crippen molar-refractivity contribution in [2.75, 3.05) is 26.2 Å². The molecule has 2 aromatic rings. The molecule has 152 valence electrons. The number of piperazine rings is 1. The van der Waals surface area contributed by atoms with Crippen LogP contribution in [0.15, 0.2) is 36.9 Å². The van der Waals surface area contributed by atoms with E-state index < -0.39 is 17.2 Å². The van der Waals surface area contributed by atoms with Gasteiger partial charge in [0.05, 0.1) is 16.6 Å². The summed E-state index contributed by atoms with van der Waals surface area (Å²) in [4.78, 5) is 15.6. The fourth-order valence-corrected chi connectivity index (χ4v) is 4.16. The molecule has 1 N–H and O–H groups in total. The van der Waals surface area contributed by atoms with Gasteiger partial charge in [-0.3, -0.25) is 9.69 Å². The second kappa shape index (κ2) is 7.65. The number of amides is 1. The lowest BCUT2D eigenvalue weighted by Crippen LogP contribution is -2.55. The molecular weight excluding hydrogens is 402 g/mol. The molecule has 4 rings (SSSR count). The van der Waals surface area contributed by atoms with Crippen LogP contribution in [0.3, 0.4) is 0 Å². The Kier molecular flexibility index (Phi) is 5.19. The third-order valence-electron chi connectivity index (χ3n) is 5.38. The zero-order valence-electron chi connectivity index (χ0n) is 15.5. The second-order valence-electron chi connectivity index (χ2n) is 7.09. The summed E-state index contributed by atoms with van der Waals surface area (Å²) >= 11 is 6.09. The van der Waals surface area contributed by atoms with Gasteiger partial charge in [-0.1, -0.05) is 24.2 Å². The number of hydrogen-bond acceptors (Lipinski definition) is 4. The maximum absolute atomic E-state index is 15.3. The number of hydrogen-bond donors (Lipinski definition) is 1. The average molecular weight is 421 g/mol. The number of aromatic hydroxyl groups is 1. The van der Waals surface area contributed by atoms with Crippen molar-refractivity contribution < 1.29 is 23.4 Å². The Morgan fingerprint density at radius 3 is 2.83 bits per heavy atom. The van der Waals surface area contributed by atoms with Gasteiger partial charge in [-0.15, -0.1) is 0 Å². The monoisotopic (exact) mass is 420 g/mol. The van der Waals surface area contributed by atoms with Gasteiger partial charge in [0.15, 0.2) is 11.6 Å². The molecule has 0 aliphatic carbocycles. The minimum absolute atomic E-state index is 0.0346. The van der Waals surface area contributed by atoms with E-state index in [0.717, 1.165) is 0 Å². The SMILES string of the molecule is C=CC(=O)N1CCN2Cc3cc(F)c(-c4c(O)cccc4Cl)c(F)c3OC[C@H]2C1. The van der Waals surface area contributed by atoms with Crippen molar-refractivity contribution in [3.8, 4) is 22.6 Å². The predicted molar refractivity (Wildman–Crippen MR) is 105 cm³/mol. The topological polar surface area (TPSA) is 53.0 Å². The van der Waals surface area contributed by atoms with E-state index in [9.17, 15) is 14.3 Å². The summed E-state index contributed by atoms with van der Waals surface area (Å²) in [6.45, 7) is 5.42. The number of nitrogens with zero attached hydrogens (tertiary/aromatic N) is 2. The van der Waals surface area contributed by atoms with Crippen LogP contribution in [0.5, 0.6) is 11.5 Å². The van der Waals surface area contributed by atoms with E-state index >= 15 is 4.39 Å². The Balaban J connectivity index is 1.71. The highest BCUT2D eigenvalue weighted by Crippen LogP contribution is 2.43. The summed E-state index contributed by atoms with van der Waals surface area (Å²) in [5.74, 6) is -2.27. The van der Waals surface area contributed by atoms with Gasteiger partial charge in [-0.2, -0.15) is 0 Å². The van der Waals surface area contributed by atoms with Gasteiger partial charge in [0.2, 0.25) is 5.91 Å². The first-order valence-corrected chi connectivity index (χ1v) is 9.55. The van der Waals surface area contributed by atoms with E-state index in [1.54, 1.807) is 4.90 Å². The standard InChI is InChI=1S/C21H19ClF2N2O3/c1-2-17(28)26-7-6-25-9-12-8-15(23)19(18-14(22)4-3-5-16(18)27)20(24)21(12)29-11-13(25)10-26/h2-5,8,13,27H,1,6-7,9-11H2/t13-/m1/s1. The lowest BCUT2D eigenvalue weighted by atomic mass is 9.99. The molecule has 5 nitrogen and oxygen atoms in total. The number of halogens is 3. The number of rotatable bonds is 2. The van der Waals surface area contributed by atoms with Gasteiger partial charge in [0.25, 0.3) is 0 Å². The molecule has 1 fully saturated rings. The highest BCUT2D eigenvalue weighted by atomic mass is 35.5. The number of ether oxygens (including phenoxy) is 1. The summed E-state index contributed by atoms with van der Waals surface area (Å²) in [6.07, 6.45) is 1.26. The van der Waals surface area contributed by atoms with E-state index in [0.29, 0.717) is 31.7 Å². The van der Waals surface area contributed by atoms with Crippen LogP contribution < -0.4 is 4.74 Å². The van der Waals surface area contributed by atoms with Crippen LogP contribution in [-0.4, -0.2) is 53.1 Å². The van der Waals surface area contributed by atoms with Gasteiger partial charge in [-0.05, 0) is 24.3 Å². The molecule has 0 bridgehead atoms. The maximum atomic E-state index is 15.3. The van der Waals surface area contributed by atoms with Gasteiger partial charge in [0, 0.05) is 37.3 Å². The van der Waals surface area contributed by atoms with E-state index in [2.05, 4.69) is 6.58 Å². The fourth-order valence-electron chi connectivity index (χ4n) is 3.90. The van der Waals surface area contributed by atoms with Crippen molar-refractivity contribution in [3.05, 3.63) is 59.1 Å². The van der Waals surface area contributed by atoms with Crippen molar-refractivity contribution in [1.29, 1.82) is 0 Å². The van der Waals surface area contributed by atoms with E-state index in [-0.39, 0.29) is 40.6 Å². The Bertz CT molecular complexity index is 978. The Hall–Kier alpha value is -2.64. The highest BCUT2D eigenvalue weighted by molar-refractivity contribution is 6.33. The van der Waals surface area contributed by atoms with Crippen LogP contribution >= 0.6 is 11.6 Å². The van der Waals surface area contributed by atoms with Gasteiger partial charge in [0.1, 0.15) is 18.2 Å². The van der Waals surface area contributed by atoms with Crippen LogP contribution in [-0.2, 0) is 11.3 Å². The van der Waals surface area contributed by atoms with Crippen molar-refractivity contribution in [1.82, 2.24) is 9.80 Å².